The minimum atomic E-state index is 0.785. The zero-order chi connectivity index (χ0) is 23.3. The Hall–Kier alpha value is -3.07. The number of aryl methyl sites for hydroxylation is 1. The molecule has 3 aromatic carbocycles. The minimum absolute atomic E-state index is 0.785. The van der Waals surface area contributed by atoms with Gasteiger partial charge in [-0.15, -0.1) is 11.8 Å². The Kier molecular flexibility index (Phi) is 10.0. The molecule has 0 spiro atoms. The molecule has 0 aliphatic rings. The lowest BCUT2D eigenvalue weighted by Crippen LogP contribution is -1.89. The van der Waals surface area contributed by atoms with Crippen LogP contribution >= 0.6 is 24.0 Å². The number of rotatable bonds is 7. The van der Waals surface area contributed by atoms with Gasteiger partial charge in [0, 0.05) is 27.1 Å². The average Bonchev–Trinajstić information content (AvgIpc) is 2.86. The second-order valence-electron chi connectivity index (χ2n) is 7.56. The zero-order valence-corrected chi connectivity index (χ0v) is 20.8. The second-order valence-corrected chi connectivity index (χ2v) is 8.91. The smallest absolute Gasteiger partial charge is 0.0740 e. The lowest BCUT2D eigenvalue weighted by atomic mass is 10.0. The van der Waals surface area contributed by atoms with Crippen molar-refractivity contribution >= 4 is 34.8 Å². The number of hydrogen-bond acceptors (Lipinski definition) is 3. The average molecular weight is 466 g/mol. The normalized spacial score (nSPS) is 9.76. The van der Waals surface area contributed by atoms with Crippen LogP contribution in [0.2, 0.25) is 0 Å². The molecule has 3 rings (SSSR count). The molecule has 0 amide bonds. The molecule has 1 nitrogen and oxygen atoms in total. The van der Waals surface area contributed by atoms with Crippen LogP contribution < -0.4 is 0 Å². The zero-order valence-electron chi connectivity index (χ0n) is 19.2. The first kappa shape index (κ1) is 24.6. The van der Waals surface area contributed by atoms with Gasteiger partial charge in [0.25, 0.3) is 0 Å². The summed E-state index contributed by atoms with van der Waals surface area (Å²) in [5.74, 6) is 14.3. The van der Waals surface area contributed by atoms with Gasteiger partial charge in [-0.2, -0.15) is 4.99 Å². The van der Waals surface area contributed by atoms with Gasteiger partial charge in [0.1, 0.15) is 0 Å². The molecule has 0 aliphatic heterocycles. The maximum absolute atomic E-state index is 4.64. The van der Waals surface area contributed by atoms with Gasteiger partial charge in [0.15, 0.2) is 0 Å². The van der Waals surface area contributed by atoms with Crippen LogP contribution in [0.1, 0.15) is 60.9 Å². The summed E-state index contributed by atoms with van der Waals surface area (Å²) in [5, 5.41) is 2.38. The highest BCUT2D eigenvalue weighted by molar-refractivity contribution is 7.99. The summed E-state index contributed by atoms with van der Waals surface area (Å²) < 4.78 is 0. The standard InChI is InChI=1S/C30H27NS2/c1-3-5-6-21-33-30-19-13-24(14-20-30)7-8-26-10-16-28(27(4-2)22-26)15-9-25-11-17-29(18-12-25)31-23-32/h10-14,16-20,22H,3-6,21H2,1-2H3. The molecule has 0 aromatic heterocycles. The van der Waals surface area contributed by atoms with E-state index in [0.29, 0.717) is 0 Å². The monoisotopic (exact) mass is 465 g/mol. The molecule has 0 heterocycles. The molecular weight excluding hydrogens is 438 g/mol. The van der Waals surface area contributed by atoms with Gasteiger partial charge >= 0.3 is 0 Å². The highest BCUT2D eigenvalue weighted by Gasteiger charge is 2.00. The Morgan fingerprint density at radius 3 is 2.06 bits per heavy atom. The highest BCUT2D eigenvalue weighted by atomic mass is 32.2. The highest BCUT2D eigenvalue weighted by Crippen LogP contribution is 2.20. The maximum Gasteiger partial charge on any atom is 0.0740 e. The van der Waals surface area contributed by atoms with Crippen molar-refractivity contribution in [1.29, 1.82) is 0 Å². The molecule has 0 saturated carbocycles. The van der Waals surface area contributed by atoms with E-state index in [-0.39, 0.29) is 0 Å². The predicted octanol–water partition coefficient (Wildman–Crippen LogP) is 8.07. The Labute approximate surface area is 207 Å². The molecule has 0 unspecified atom stereocenters. The number of benzene rings is 3. The predicted molar refractivity (Wildman–Crippen MR) is 146 cm³/mol. The van der Waals surface area contributed by atoms with Crippen LogP contribution in [0.3, 0.4) is 0 Å². The molecule has 0 radical (unpaired) electrons. The van der Waals surface area contributed by atoms with Crippen molar-refractivity contribution in [2.75, 3.05) is 5.75 Å². The molecule has 0 aliphatic carbocycles. The fourth-order valence-electron chi connectivity index (χ4n) is 3.22. The third-order valence-electron chi connectivity index (χ3n) is 5.09. The van der Waals surface area contributed by atoms with Crippen molar-refractivity contribution in [3.8, 4) is 23.7 Å². The summed E-state index contributed by atoms with van der Waals surface area (Å²) in [5.41, 5.74) is 6.02. The molecular formula is C30H27NS2. The molecule has 3 heteroatoms. The third kappa shape index (κ3) is 8.09. The van der Waals surface area contributed by atoms with Crippen molar-refractivity contribution in [3.05, 3.63) is 94.5 Å². The first-order valence-corrected chi connectivity index (χ1v) is 12.7. The van der Waals surface area contributed by atoms with Crippen LogP contribution in [0.25, 0.3) is 0 Å². The van der Waals surface area contributed by atoms with Crippen molar-refractivity contribution in [2.45, 2.75) is 44.4 Å². The molecule has 3 aromatic rings. The minimum Gasteiger partial charge on any atom is -0.195 e. The lowest BCUT2D eigenvalue weighted by molar-refractivity contribution is 0.778. The van der Waals surface area contributed by atoms with Gasteiger partial charge < -0.3 is 0 Å². The summed E-state index contributed by atoms with van der Waals surface area (Å²) in [7, 11) is 0. The Morgan fingerprint density at radius 1 is 0.758 bits per heavy atom. The molecule has 0 bridgehead atoms. The van der Waals surface area contributed by atoms with E-state index in [1.807, 2.05) is 42.1 Å². The van der Waals surface area contributed by atoms with Gasteiger partial charge in [0.05, 0.1) is 10.8 Å². The number of hydrogen-bond donors (Lipinski definition) is 0. The quantitative estimate of drug-likeness (QED) is 0.115. The number of thiocarbonyl (C=S) groups is 1. The van der Waals surface area contributed by atoms with Gasteiger partial charge in [-0.05, 0) is 103 Å². The number of aliphatic imine (C=N–C) groups is 1. The molecule has 0 atom stereocenters. The van der Waals surface area contributed by atoms with E-state index in [0.717, 1.165) is 34.4 Å². The van der Waals surface area contributed by atoms with Crippen molar-refractivity contribution in [3.63, 3.8) is 0 Å². The van der Waals surface area contributed by atoms with Crippen molar-refractivity contribution < 1.29 is 0 Å². The maximum atomic E-state index is 4.64. The third-order valence-corrected chi connectivity index (χ3v) is 6.28. The van der Waals surface area contributed by atoms with E-state index in [2.05, 4.69) is 96.3 Å². The lowest BCUT2D eigenvalue weighted by Gasteiger charge is -2.02. The van der Waals surface area contributed by atoms with E-state index in [4.69, 9.17) is 0 Å². The van der Waals surface area contributed by atoms with E-state index in [1.54, 1.807) is 0 Å². The molecule has 33 heavy (non-hydrogen) atoms. The fourth-order valence-corrected chi connectivity index (χ4v) is 4.24. The van der Waals surface area contributed by atoms with E-state index in [9.17, 15) is 0 Å². The summed E-state index contributed by atoms with van der Waals surface area (Å²) in [6.07, 6.45) is 4.75. The second kappa shape index (κ2) is 13.5. The van der Waals surface area contributed by atoms with Gasteiger partial charge in [-0.3, -0.25) is 0 Å². The number of unbranched alkanes of at least 4 members (excludes halogenated alkanes) is 2. The van der Waals surface area contributed by atoms with Crippen LogP contribution in [0.4, 0.5) is 5.69 Å². The van der Waals surface area contributed by atoms with Crippen LogP contribution in [0.5, 0.6) is 0 Å². The van der Waals surface area contributed by atoms with Crippen LogP contribution in [0, 0.1) is 23.7 Å². The topological polar surface area (TPSA) is 12.4 Å². The van der Waals surface area contributed by atoms with Gasteiger partial charge in [0.2, 0.25) is 0 Å². The SMILES string of the molecule is CCCCCSc1ccc(C#Cc2ccc(C#Cc3ccc(N=C=S)cc3)c(CC)c2)cc1. The Morgan fingerprint density at radius 2 is 1.39 bits per heavy atom. The van der Waals surface area contributed by atoms with Gasteiger partial charge in [-0.1, -0.05) is 50.4 Å². The summed E-state index contributed by atoms with van der Waals surface area (Å²) >= 11 is 6.56. The molecule has 0 fully saturated rings. The summed E-state index contributed by atoms with van der Waals surface area (Å²) in [4.78, 5) is 5.28. The molecule has 0 saturated heterocycles. The first-order chi connectivity index (χ1) is 16.2. The first-order valence-electron chi connectivity index (χ1n) is 11.3. The van der Waals surface area contributed by atoms with Crippen LogP contribution in [-0.2, 0) is 6.42 Å². The van der Waals surface area contributed by atoms with Crippen molar-refractivity contribution in [2.24, 2.45) is 4.99 Å². The Bertz CT molecular complexity index is 1230. The number of nitrogens with zero attached hydrogens (tertiary/aromatic N) is 1. The largest absolute Gasteiger partial charge is 0.195 e. The van der Waals surface area contributed by atoms with E-state index in [1.165, 1.54) is 35.5 Å². The van der Waals surface area contributed by atoms with E-state index < -0.39 is 0 Å². The summed E-state index contributed by atoms with van der Waals surface area (Å²) in [6, 6.07) is 22.5. The van der Waals surface area contributed by atoms with E-state index >= 15 is 0 Å². The summed E-state index contributed by atoms with van der Waals surface area (Å²) in [6.45, 7) is 4.38. The number of isothiocyanates is 1. The van der Waals surface area contributed by atoms with Crippen LogP contribution in [0.15, 0.2) is 76.6 Å². The molecule has 0 N–H and O–H groups in total. The fraction of sp³-hybridized carbons (Fsp3) is 0.233. The van der Waals surface area contributed by atoms with Crippen molar-refractivity contribution in [1.82, 2.24) is 0 Å². The van der Waals surface area contributed by atoms with Gasteiger partial charge in [-0.25, -0.2) is 0 Å². The molecule has 164 valence electrons. The Balaban J connectivity index is 1.68. The number of thioether (sulfide) groups is 1. The van der Waals surface area contributed by atoms with Crippen LogP contribution in [-0.4, -0.2) is 10.9 Å².